The molecule has 1 aliphatic rings. The van der Waals surface area contributed by atoms with E-state index < -0.39 is 18.4 Å². The SMILES string of the molecule is CC(=O)OC(C)OC(=O)NCC1CCCCC1. The fourth-order valence-electron chi connectivity index (χ4n) is 2.07. The Hall–Kier alpha value is -1.26. The minimum atomic E-state index is -0.834. The zero-order valence-electron chi connectivity index (χ0n) is 10.5. The molecule has 0 radical (unpaired) electrons. The molecule has 0 aromatic heterocycles. The van der Waals surface area contributed by atoms with Crippen LogP contribution in [0.2, 0.25) is 0 Å². The van der Waals surface area contributed by atoms with E-state index in [2.05, 4.69) is 5.32 Å². The molecule has 1 atom stereocenters. The van der Waals surface area contributed by atoms with E-state index >= 15 is 0 Å². The molecule has 1 unspecified atom stereocenters. The van der Waals surface area contributed by atoms with E-state index in [4.69, 9.17) is 9.47 Å². The number of carbonyl (C=O) groups excluding carboxylic acids is 2. The van der Waals surface area contributed by atoms with Crippen LogP contribution < -0.4 is 5.32 Å². The van der Waals surface area contributed by atoms with Crippen LogP contribution in [0.25, 0.3) is 0 Å². The molecule has 0 aromatic carbocycles. The maximum atomic E-state index is 11.4. The summed E-state index contributed by atoms with van der Waals surface area (Å²) in [5, 5.41) is 2.70. The van der Waals surface area contributed by atoms with Gasteiger partial charge in [-0.3, -0.25) is 4.79 Å². The molecule has 98 valence electrons. The van der Waals surface area contributed by atoms with Crippen molar-refractivity contribution < 1.29 is 19.1 Å². The Labute approximate surface area is 102 Å². The summed E-state index contributed by atoms with van der Waals surface area (Å²) >= 11 is 0. The van der Waals surface area contributed by atoms with Gasteiger partial charge in [0, 0.05) is 20.4 Å². The van der Waals surface area contributed by atoms with Crippen LogP contribution in [0.5, 0.6) is 0 Å². The molecule has 0 aromatic rings. The highest BCUT2D eigenvalue weighted by molar-refractivity contribution is 5.68. The summed E-state index contributed by atoms with van der Waals surface area (Å²) in [4.78, 5) is 22.0. The predicted molar refractivity (Wildman–Crippen MR) is 62.3 cm³/mol. The summed E-state index contributed by atoms with van der Waals surface area (Å²) in [5.41, 5.74) is 0. The van der Waals surface area contributed by atoms with Crippen molar-refractivity contribution in [2.45, 2.75) is 52.2 Å². The fraction of sp³-hybridized carbons (Fsp3) is 0.833. The van der Waals surface area contributed by atoms with E-state index in [-0.39, 0.29) is 0 Å². The zero-order chi connectivity index (χ0) is 12.7. The topological polar surface area (TPSA) is 64.6 Å². The summed E-state index contributed by atoms with van der Waals surface area (Å²) in [5.74, 6) is 0.0953. The Kier molecular flexibility index (Phi) is 5.80. The van der Waals surface area contributed by atoms with E-state index in [9.17, 15) is 9.59 Å². The molecule has 1 aliphatic carbocycles. The summed E-state index contributed by atoms with van der Waals surface area (Å²) in [6.45, 7) is 3.44. The largest absolute Gasteiger partial charge is 0.426 e. The van der Waals surface area contributed by atoms with Gasteiger partial charge in [0.05, 0.1) is 0 Å². The van der Waals surface area contributed by atoms with Crippen LogP contribution in [0.1, 0.15) is 46.0 Å². The van der Waals surface area contributed by atoms with Crippen LogP contribution in [-0.4, -0.2) is 24.9 Å². The van der Waals surface area contributed by atoms with Crippen molar-refractivity contribution in [2.75, 3.05) is 6.54 Å². The van der Waals surface area contributed by atoms with Crippen molar-refractivity contribution in [3.05, 3.63) is 0 Å². The van der Waals surface area contributed by atoms with Gasteiger partial charge in [-0.15, -0.1) is 0 Å². The number of amides is 1. The van der Waals surface area contributed by atoms with Crippen LogP contribution in [0, 0.1) is 5.92 Å². The molecule has 0 spiro atoms. The predicted octanol–water partition coefficient (Wildman–Crippen LogP) is 2.20. The van der Waals surface area contributed by atoms with Crippen LogP contribution in [0.4, 0.5) is 4.79 Å². The van der Waals surface area contributed by atoms with Crippen LogP contribution in [0.3, 0.4) is 0 Å². The maximum Gasteiger partial charge on any atom is 0.410 e. The van der Waals surface area contributed by atoms with Crippen LogP contribution >= 0.6 is 0 Å². The molecule has 1 fully saturated rings. The monoisotopic (exact) mass is 243 g/mol. The van der Waals surface area contributed by atoms with Crippen molar-refractivity contribution >= 4 is 12.1 Å². The van der Waals surface area contributed by atoms with Crippen molar-refractivity contribution in [3.8, 4) is 0 Å². The third kappa shape index (κ3) is 6.14. The van der Waals surface area contributed by atoms with Crippen molar-refractivity contribution in [2.24, 2.45) is 5.92 Å². The summed E-state index contributed by atoms with van der Waals surface area (Å²) in [7, 11) is 0. The van der Waals surface area contributed by atoms with E-state index in [1.54, 1.807) is 0 Å². The lowest BCUT2D eigenvalue weighted by atomic mass is 9.89. The normalized spacial score (nSPS) is 18.2. The van der Waals surface area contributed by atoms with Gasteiger partial charge >= 0.3 is 12.1 Å². The van der Waals surface area contributed by atoms with E-state index in [0.717, 1.165) is 0 Å². The molecule has 1 saturated carbocycles. The minimum Gasteiger partial charge on any atom is -0.426 e. The smallest absolute Gasteiger partial charge is 0.410 e. The number of hydrogen-bond acceptors (Lipinski definition) is 4. The van der Waals surface area contributed by atoms with Crippen LogP contribution in [0.15, 0.2) is 0 Å². The summed E-state index contributed by atoms with van der Waals surface area (Å²) in [6, 6.07) is 0. The molecule has 1 amide bonds. The first-order valence-electron chi connectivity index (χ1n) is 6.19. The van der Waals surface area contributed by atoms with Gasteiger partial charge in [0.2, 0.25) is 6.29 Å². The second kappa shape index (κ2) is 7.14. The highest BCUT2D eigenvalue weighted by atomic mass is 16.7. The van der Waals surface area contributed by atoms with Gasteiger partial charge in [0.15, 0.2) is 0 Å². The van der Waals surface area contributed by atoms with Gasteiger partial charge in [-0.05, 0) is 18.8 Å². The van der Waals surface area contributed by atoms with Gasteiger partial charge in [-0.25, -0.2) is 4.79 Å². The average molecular weight is 243 g/mol. The molecule has 0 bridgehead atoms. The molecular formula is C12H21NO4. The Bertz CT molecular complexity index is 261. The second-order valence-corrected chi connectivity index (χ2v) is 4.47. The van der Waals surface area contributed by atoms with Gasteiger partial charge in [0.1, 0.15) is 0 Å². The summed E-state index contributed by atoms with van der Waals surface area (Å²) in [6.07, 6.45) is 4.75. The molecule has 0 saturated heterocycles. The highest BCUT2D eigenvalue weighted by Gasteiger charge is 2.16. The lowest BCUT2D eigenvalue weighted by Crippen LogP contribution is -2.33. The van der Waals surface area contributed by atoms with Crippen molar-refractivity contribution in [3.63, 3.8) is 0 Å². The average Bonchev–Trinajstić information content (AvgIpc) is 2.26. The standard InChI is InChI=1S/C12H21NO4/c1-9(14)16-10(2)17-12(15)13-8-11-6-4-3-5-7-11/h10-11H,3-8H2,1-2H3,(H,13,15). The molecule has 5 nitrogen and oxygen atoms in total. The van der Waals surface area contributed by atoms with E-state index in [1.165, 1.54) is 46.0 Å². The number of esters is 1. The lowest BCUT2D eigenvalue weighted by molar-refractivity contribution is -0.162. The highest BCUT2D eigenvalue weighted by Crippen LogP contribution is 2.22. The van der Waals surface area contributed by atoms with Crippen molar-refractivity contribution in [1.29, 1.82) is 0 Å². The quantitative estimate of drug-likeness (QED) is 0.607. The first-order chi connectivity index (χ1) is 8.08. The van der Waals surface area contributed by atoms with Crippen LogP contribution in [-0.2, 0) is 14.3 Å². The number of nitrogens with one attached hydrogen (secondary N) is 1. The van der Waals surface area contributed by atoms with E-state index in [0.29, 0.717) is 12.5 Å². The molecule has 1 rings (SSSR count). The molecule has 0 aliphatic heterocycles. The van der Waals surface area contributed by atoms with Gasteiger partial charge in [0.25, 0.3) is 0 Å². The molecular weight excluding hydrogens is 222 g/mol. The Morgan fingerprint density at radius 3 is 2.47 bits per heavy atom. The number of ether oxygens (including phenoxy) is 2. The molecule has 5 heteroatoms. The fourth-order valence-corrected chi connectivity index (χ4v) is 2.07. The maximum absolute atomic E-state index is 11.4. The Morgan fingerprint density at radius 2 is 1.88 bits per heavy atom. The molecule has 1 N–H and O–H groups in total. The number of carbonyl (C=O) groups is 2. The second-order valence-electron chi connectivity index (χ2n) is 4.47. The zero-order valence-corrected chi connectivity index (χ0v) is 10.5. The Balaban J connectivity index is 2.13. The number of hydrogen-bond donors (Lipinski definition) is 1. The first kappa shape index (κ1) is 13.8. The minimum absolute atomic E-state index is 0.461. The van der Waals surface area contributed by atoms with Crippen molar-refractivity contribution in [1.82, 2.24) is 5.32 Å². The van der Waals surface area contributed by atoms with Gasteiger partial charge in [-0.2, -0.15) is 0 Å². The third-order valence-electron chi connectivity index (χ3n) is 2.86. The Morgan fingerprint density at radius 1 is 1.24 bits per heavy atom. The number of rotatable bonds is 4. The van der Waals surface area contributed by atoms with Gasteiger partial charge < -0.3 is 14.8 Å². The molecule has 17 heavy (non-hydrogen) atoms. The lowest BCUT2D eigenvalue weighted by Gasteiger charge is -2.22. The van der Waals surface area contributed by atoms with E-state index in [1.807, 2.05) is 0 Å². The molecule has 0 heterocycles. The van der Waals surface area contributed by atoms with Gasteiger partial charge in [-0.1, -0.05) is 19.3 Å². The third-order valence-corrected chi connectivity index (χ3v) is 2.86. The summed E-state index contributed by atoms with van der Waals surface area (Å²) < 4.78 is 9.55. The first-order valence-corrected chi connectivity index (χ1v) is 6.19. The number of alkyl carbamates (subject to hydrolysis) is 1.